The molecule has 19 heavy (non-hydrogen) atoms. The molecule has 0 amide bonds. The highest BCUT2D eigenvalue weighted by atomic mass is 16.7. The lowest BCUT2D eigenvalue weighted by molar-refractivity contribution is -0.0492. The molecule has 0 radical (unpaired) electrons. The molecule has 0 spiro atoms. The Hall–Kier alpha value is -2.27. The number of phenols is 1. The van der Waals surface area contributed by atoms with Crippen LogP contribution in [0.15, 0.2) is 36.5 Å². The lowest BCUT2D eigenvalue weighted by atomic mass is 10.1. The van der Waals surface area contributed by atoms with Gasteiger partial charge in [0.25, 0.3) is 6.29 Å². The van der Waals surface area contributed by atoms with Crippen LogP contribution in [-0.2, 0) is 6.42 Å². The highest BCUT2D eigenvalue weighted by molar-refractivity contribution is 5.56. The van der Waals surface area contributed by atoms with Crippen molar-refractivity contribution in [3.63, 3.8) is 0 Å². The monoisotopic (exact) mass is 259 g/mol. The van der Waals surface area contributed by atoms with Crippen molar-refractivity contribution in [3.05, 3.63) is 47.8 Å². The van der Waals surface area contributed by atoms with E-state index in [0.29, 0.717) is 17.9 Å². The number of fused-ring (bicyclic) bond motifs is 2. The molecule has 2 aromatic rings. The smallest absolute Gasteiger partial charge is 0.264 e. The van der Waals surface area contributed by atoms with Crippen LogP contribution >= 0.6 is 0 Å². The van der Waals surface area contributed by atoms with Gasteiger partial charge in [0.15, 0.2) is 11.5 Å². The second-order valence-corrected chi connectivity index (χ2v) is 4.25. The van der Waals surface area contributed by atoms with Crippen molar-refractivity contribution in [3.8, 4) is 17.2 Å². The molecular weight excluding hydrogens is 246 g/mol. The number of benzene rings is 1. The van der Waals surface area contributed by atoms with E-state index >= 15 is 0 Å². The van der Waals surface area contributed by atoms with Gasteiger partial charge in [-0.25, -0.2) is 0 Å². The van der Waals surface area contributed by atoms with Crippen molar-refractivity contribution in [1.29, 1.82) is 0 Å². The van der Waals surface area contributed by atoms with Gasteiger partial charge in [-0.1, -0.05) is 12.1 Å². The minimum Gasteiger partial charge on any atom is -0.502 e. The van der Waals surface area contributed by atoms with E-state index in [9.17, 15) is 5.11 Å². The molecule has 0 saturated carbocycles. The second-order valence-electron chi connectivity index (χ2n) is 4.25. The third-order valence-corrected chi connectivity index (χ3v) is 2.93. The summed E-state index contributed by atoms with van der Waals surface area (Å²) >= 11 is 0. The predicted octanol–water partition coefficient (Wildman–Crippen LogP) is 1.47. The first-order valence-electron chi connectivity index (χ1n) is 5.97. The molecule has 0 aliphatic carbocycles. The lowest BCUT2D eigenvalue weighted by Crippen LogP contribution is -2.31. The summed E-state index contributed by atoms with van der Waals surface area (Å²) in [5.74, 6) is 0.650. The number of aromatic hydroxyl groups is 1. The third kappa shape index (κ3) is 2.20. The number of hydrogen-bond donors (Lipinski definition) is 2. The van der Waals surface area contributed by atoms with Gasteiger partial charge in [0, 0.05) is 23.9 Å². The topological polar surface area (TPSA) is 71.8 Å². The number of aliphatic hydroxyl groups excluding tert-OH is 1. The number of nitrogens with zero attached hydrogens (tertiary/aromatic N) is 1. The standard InChI is InChI=1S/C14H13NO4/c16-8-12-18-11-5-4-9(14(19-12)13(11)17)7-10-3-1-2-6-15-10/h1-6,12,16-17H,7-8H2. The summed E-state index contributed by atoms with van der Waals surface area (Å²) < 4.78 is 10.7. The van der Waals surface area contributed by atoms with Crippen LogP contribution in [0.3, 0.4) is 0 Å². The van der Waals surface area contributed by atoms with Gasteiger partial charge >= 0.3 is 0 Å². The number of pyridine rings is 1. The lowest BCUT2D eigenvalue weighted by Gasteiger charge is -2.27. The van der Waals surface area contributed by atoms with E-state index in [0.717, 1.165) is 11.3 Å². The zero-order chi connectivity index (χ0) is 13.2. The Morgan fingerprint density at radius 1 is 1.16 bits per heavy atom. The van der Waals surface area contributed by atoms with Crippen LogP contribution in [0.2, 0.25) is 0 Å². The summed E-state index contributed by atoms with van der Waals surface area (Å²) in [7, 11) is 0. The molecule has 2 heterocycles. The number of rotatable bonds is 3. The van der Waals surface area contributed by atoms with Gasteiger partial charge in [0.1, 0.15) is 6.61 Å². The second kappa shape index (κ2) is 4.78. The largest absolute Gasteiger partial charge is 0.502 e. The fourth-order valence-corrected chi connectivity index (χ4v) is 2.03. The van der Waals surface area contributed by atoms with Crippen LogP contribution < -0.4 is 9.47 Å². The van der Waals surface area contributed by atoms with E-state index in [1.165, 1.54) is 0 Å². The molecule has 1 aromatic carbocycles. The van der Waals surface area contributed by atoms with Crippen LogP contribution in [-0.4, -0.2) is 28.1 Å². The highest BCUT2D eigenvalue weighted by Crippen LogP contribution is 2.43. The van der Waals surface area contributed by atoms with Gasteiger partial charge in [-0.05, 0) is 18.2 Å². The normalized spacial score (nSPS) is 16.6. The molecule has 1 aliphatic heterocycles. The van der Waals surface area contributed by atoms with Crippen LogP contribution in [0, 0.1) is 0 Å². The van der Waals surface area contributed by atoms with E-state index in [1.807, 2.05) is 24.3 Å². The van der Waals surface area contributed by atoms with Crippen LogP contribution in [0.25, 0.3) is 0 Å². The Morgan fingerprint density at radius 3 is 2.79 bits per heavy atom. The summed E-state index contributed by atoms with van der Waals surface area (Å²) in [5.41, 5.74) is 1.68. The molecule has 3 rings (SSSR count). The van der Waals surface area contributed by atoms with Gasteiger partial charge in [-0.3, -0.25) is 4.98 Å². The van der Waals surface area contributed by atoms with E-state index in [4.69, 9.17) is 14.6 Å². The first-order valence-corrected chi connectivity index (χ1v) is 5.97. The number of ether oxygens (including phenoxy) is 2. The summed E-state index contributed by atoms with van der Waals surface area (Å²) in [6, 6.07) is 9.15. The quantitative estimate of drug-likeness (QED) is 0.873. The predicted molar refractivity (Wildman–Crippen MR) is 67.3 cm³/mol. The zero-order valence-corrected chi connectivity index (χ0v) is 10.1. The molecule has 1 unspecified atom stereocenters. The van der Waals surface area contributed by atoms with E-state index < -0.39 is 6.29 Å². The summed E-state index contributed by atoms with van der Waals surface area (Å²) in [6.45, 7) is -0.273. The SMILES string of the molecule is OCC1Oc2ccc(Cc3ccccn3)c(c2O)O1. The average Bonchev–Trinajstić information content (AvgIpc) is 2.43. The van der Waals surface area contributed by atoms with Crippen molar-refractivity contribution in [2.75, 3.05) is 6.61 Å². The first kappa shape index (κ1) is 11.8. The maximum absolute atomic E-state index is 9.97. The maximum atomic E-state index is 9.97. The Balaban J connectivity index is 1.94. The van der Waals surface area contributed by atoms with Crippen molar-refractivity contribution in [2.24, 2.45) is 0 Å². The molecular formula is C14H13NO4. The van der Waals surface area contributed by atoms with Gasteiger partial charge in [0.05, 0.1) is 0 Å². The molecule has 1 atom stereocenters. The number of aliphatic hydroxyl groups is 1. The molecule has 2 bridgehead atoms. The van der Waals surface area contributed by atoms with Crippen LogP contribution in [0.4, 0.5) is 0 Å². The average molecular weight is 259 g/mol. The Kier molecular flexibility index (Phi) is 2.97. The number of hydrogen-bond acceptors (Lipinski definition) is 5. The summed E-state index contributed by atoms with van der Waals surface area (Å²) in [5, 5.41) is 19.1. The molecule has 1 aromatic heterocycles. The van der Waals surface area contributed by atoms with Crippen molar-refractivity contribution in [1.82, 2.24) is 4.98 Å². The minimum atomic E-state index is -0.774. The summed E-state index contributed by atoms with van der Waals surface area (Å²) in [6.07, 6.45) is 1.49. The Bertz CT molecular complexity index is 585. The molecule has 5 nitrogen and oxygen atoms in total. The fourth-order valence-electron chi connectivity index (χ4n) is 2.03. The molecule has 1 aliphatic rings. The maximum Gasteiger partial charge on any atom is 0.264 e. The molecule has 0 saturated heterocycles. The van der Waals surface area contributed by atoms with Gasteiger partial charge in [0.2, 0.25) is 5.75 Å². The number of phenolic OH excluding ortho intramolecular Hbond substituents is 1. The molecule has 0 fully saturated rings. The fraction of sp³-hybridized carbons (Fsp3) is 0.214. The van der Waals surface area contributed by atoms with E-state index in [2.05, 4.69) is 4.98 Å². The first-order chi connectivity index (χ1) is 9.28. The van der Waals surface area contributed by atoms with Crippen molar-refractivity contribution >= 4 is 0 Å². The van der Waals surface area contributed by atoms with Crippen molar-refractivity contribution in [2.45, 2.75) is 12.7 Å². The summed E-state index contributed by atoms with van der Waals surface area (Å²) in [4.78, 5) is 4.24. The third-order valence-electron chi connectivity index (χ3n) is 2.93. The minimum absolute atomic E-state index is 0.0295. The van der Waals surface area contributed by atoms with Crippen LogP contribution in [0.5, 0.6) is 17.2 Å². The van der Waals surface area contributed by atoms with Crippen molar-refractivity contribution < 1.29 is 19.7 Å². The molecule has 2 N–H and O–H groups in total. The number of aromatic nitrogens is 1. The highest BCUT2D eigenvalue weighted by Gasteiger charge is 2.26. The molecule has 98 valence electrons. The Labute approximate surface area is 110 Å². The van der Waals surface area contributed by atoms with Gasteiger partial charge in [-0.2, -0.15) is 0 Å². The zero-order valence-electron chi connectivity index (χ0n) is 10.1. The Morgan fingerprint density at radius 2 is 2.05 bits per heavy atom. The molecule has 5 heteroatoms. The van der Waals surface area contributed by atoms with Crippen LogP contribution in [0.1, 0.15) is 11.3 Å². The van der Waals surface area contributed by atoms with Gasteiger partial charge < -0.3 is 19.7 Å². The van der Waals surface area contributed by atoms with E-state index in [1.54, 1.807) is 12.3 Å². The van der Waals surface area contributed by atoms with E-state index in [-0.39, 0.29) is 12.4 Å². The van der Waals surface area contributed by atoms with Gasteiger partial charge in [-0.15, -0.1) is 0 Å².